The molecule has 0 unspecified atom stereocenters. The van der Waals surface area contributed by atoms with E-state index in [1.54, 1.807) is 0 Å². The number of benzene rings is 1. The van der Waals surface area contributed by atoms with Gasteiger partial charge in [-0.3, -0.25) is 4.90 Å². The van der Waals surface area contributed by atoms with Gasteiger partial charge in [0.15, 0.2) is 0 Å². The smallest absolute Gasteiger partial charge is 0.241 e. The van der Waals surface area contributed by atoms with Crippen LogP contribution in [0, 0.1) is 0 Å². The SMILES string of the molecule is CC(C)c1ccc(-c2noc(CN3CCNCC3)n2)cc1.Cl.Cl. The Morgan fingerprint density at radius 3 is 2.39 bits per heavy atom. The standard InChI is InChI=1S/C16H22N4O.2ClH/c1-12(2)13-3-5-14(6-4-13)16-18-15(21-19-16)11-20-9-7-17-8-10-20;;/h3-6,12,17H,7-11H2,1-2H3;2*1H. The third-order valence-corrected chi connectivity index (χ3v) is 3.87. The van der Waals surface area contributed by atoms with Crippen LogP contribution < -0.4 is 5.32 Å². The lowest BCUT2D eigenvalue weighted by molar-refractivity contribution is 0.203. The highest BCUT2D eigenvalue weighted by atomic mass is 35.5. The summed E-state index contributed by atoms with van der Waals surface area (Å²) in [6.07, 6.45) is 0. The number of piperazine rings is 1. The monoisotopic (exact) mass is 358 g/mol. The topological polar surface area (TPSA) is 54.2 Å². The Kier molecular flexibility index (Phi) is 7.99. The summed E-state index contributed by atoms with van der Waals surface area (Å²) in [4.78, 5) is 6.84. The Morgan fingerprint density at radius 1 is 1.13 bits per heavy atom. The van der Waals surface area contributed by atoms with E-state index in [1.807, 2.05) is 0 Å². The molecule has 2 aromatic rings. The summed E-state index contributed by atoms with van der Waals surface area (Å²) in [6, 6.07) is 8.39. The molecule has 0 radical (unpaired) electrons. The number of nitrogens with one attached hydrogen (secondary N) is 1. The van der Waals surface area contributed by atoms with Gasteiger partial charge in [0.05, 0.1) is 6.54 Å². The fraction of sp³-hybridized carbons (Fsp3) is 0.500. The molecule has 0 aliphatic carbocycles. The summed E-state index contributed by atoms with van der Waals surface area (Å²) in [7, 11) is 0. The van der Waals surface area contributed by atoms with E-state index < -0.39 is 0 Å². The van der Waals surface area contributed by atoms with Crippen LogP contribution in [0.5, 0.6) is 0 Å². The predicted octanol–water partition coefficient (Wildman–Crippen LogP) is 3.11. The van der Waals surface area contributed by atoms with Crippen molar-refractivity contribution in [1.82, 2.24) is 20.4 Å². The van der Waals surface area contributed by atoms with Gasteiger partial charge in [0, 0.05) is 31.7 Å². The maximum Gasteiger partial charge on any atom is 0.241 e. The van der Waals surface area contributed by atoms with Crippen molar-refractivity contribution in [1.29, 1.82) is 0 Å². The molecule has 3 rings (SSSR count). The Balaban J connectivity index is 0.00000132. The van der Waals surface area contributed by atoms with Gasteiger partial charge in [-0.15, -0.1) is 24.8 Å². The van der Waals surface area contributed by atoms with Gasteiger partial charge in [-0.05, 0) is 11.5 Å². The van der Waals surface area contributed by atoms with Gasteiger partial charge >= 0.3 is 0 Å². The van der Waals surface area contributed by atoms with Crippen LogP contribution in [-0.4, -0.2) is 41.2 Å². The Hall–Kier alpha value is -1.14. The first-order valence-corrected chi connectivity index (χ1v) is 7.58. The average Bonchev–Trinajstić information content (AvgIpc) is 2.97. The van der Waals surface area contributed by atoms with Crippen molar-refractivity contribution in [2.24, 2.45) is 0 Å². The molecule has 1 aliphatic heterocycles. The van der Waals surface area contributed by atoms with Crippen molar-refractivity contribution in [3.63, 3.8) is 0 Å². The lowest BCUT2D eigenvalue weighted by Crippen LogP contribution is -2.42. The molecule has 128 valence electrons. The first kappa shape index (κ1) is 19.9. The highest BCUT2D eigenvalue weighted by molar-refractivity contribution is 5.85. The zero-order valence-corrected chi connectivity index (χ0v) is 15.1. The van der Waals surface area contributed by atoms with E-state index in [-0.39, 0.29) is 24.8 Å². The lowest BCUT2D eigenvalue weighted by Gasteiger charge is -2.25. The second-order valence-electron chi connectivity index (χ2n) is 5.81. The molecule has 1 saturated heterocycles. The van der Waals surface area contributed by atoms with Crippen LogP contribution in [0.15, 0.2) is 28.8 Å². The van der Waals surface area contributed by atoms with Gasteiger partial charge in [0.2, 0.25) is 11.7 Å². The summed E-state index contributed by atoms with van der Waals surface area (Å²) >= 11 is 0. The highest BCUT2D eigenvalue weighted by Crippen LogP contribution is 2.20. The van der Waals surface area contributed by atoms with Gasteiger partial charge in [0.1, 0.15) is 0 Å². The van der Waals surface area contributed by atoms with Crippen molar-refractivity contribution in [3.8, 4) is 11.4 Å². The maximum absolute atomic E-state index is 5.38. The number of hydrogen-bond acceptors (Lipinski definition) is 5. The molecular formula is C16H24Cl2N4O. The average molecular weight is 359 g/mol. The minimum absolute atomic E-state index is 0. The molecule has 1 aromatic carbocycles. The molecule has 1 aromatic heterocycles. The van der Waals surface area contributed by atoms with E-state index in [0.29, 0.717) is 17.6 Å². The van der Waals surface area contributed by atoms with Crippen molar-refractivity contribution >= 4 is 24.8 Å². The van der Waals surface area contributed by atoms with Crippen molar-refractivity contribution in [3.05, 3.63) is 35.7 Å². The summed E-state index contributed by atoms with van der Waals surface area (Å²) in [5, 5.41) is 7.44. The van der Waals surface area contributed by atoms with Crippen LogP contribution in [0.2, 0.25) is 0 Å². The van der Waals surface area contributed by atoms with Gasteiger partial charge in [-0.1, -0.05) is 43.3 Å². The van der Waals surface area contributed by atoms with E-state index in [4.69, 9.17) is 4.52 Å². The summed E-state index contributed by atoms with van der Waals surface area (Å²) < 4.78 is 5.38. The number of aromatic nitrogens is 2. The summed E-state index contributed by atoms with van der Waals surface area (Å²) in [5.41, 5.74) is 2.33. The van der Waals surface area contributed by atoms with Crippen molar-refractivity contribution in [2.75, 3.05) is 26.2 Å². The molecule has 0 saturated carbocycles. The van der Waals surface area contributed by atoms with E-state index in [9.17, 15) is 0 Å². The molecule has 0 atom stereocenters. The molecular weight excluding hydrogens is 335 g/mol. The third kappa shape index (κ3) is 5.18. The van der Waals surface area contributed by atoms with Crippen LogP contribution >= 0.6 is 24.8 Å². The molecule has 1 aliphatic rings. The fourth-order valence-electron chi connectivity index (χ4n) is 2.51. The predicted molar refractivity (Wildman–Crippen MR) is 96.5 cm³/mol. The second-order valence-corrected chi connectivity index (χ2v) is 5.81. The Labute approximate surface area is 149 Å². The zero-order valence-electron chi connectivity index (χ0n) is 13.5. The van der Waals surface area contributed by atoms with Crippen molar-refractivity contribution in [2.45, 2.75) is 26.3 Å². The number of nitrogens with zero attached hydrogens (tertiary/aromatic N) is 3. The second kappa shape index (κ2) is 9.23. The van der Waals surface area contributed by atoms with Crippen LogP contribution in [0.4, 0.5) is 0 Å². The highest BCUT2D eigenvalue weighted by Gasteiger charge is 2.15. The molecule has 1 N–H and O–H groups in total. The van der Waals surface area contributed by atoms with Crippen LogP contribution in [0.3, 0.4) is 0 Å². The minimum atomic E-state index is 0. The normalized spacial score (nSPS) is 15.1. The van der Waals surface area contributed by atoms with Crippen LogP contribution in [-0.2, 0) is 6.54 Å². The molecule has 1 fully saturated rings. The molecule has 0 bridgehead atoms. The molecule has 23 heavy (non-hydrogen) atoms. The number of hydrogen-bond donors (Lipinski definition) is 1. The van der Waals surface area contributed by atoms with Crippen molar-refractivity contribution < 1.29 is 4.52 Å². The Morgan fingerprint density at radius 2 is 1.78 bits per heavy atom. The first-order chi connectivity index (χ1) is 10.2. The fourth-order valence-corrected chi connectivity index (χ4v) is 2.51. The molecule has 2 heterocycles. The van der Waals surface area contributed by atoms with E-state index in [2.05, 4.69) is 58.5 Å². The quantitative estimate of drug-likeness (QED) is 0.909. The van der Waals surface area contributed by atoms with E-state index >= 15 is 0 Å². The van der Waals surface area contributed by atoms with E-state index in [1.165, 1.54) is 5.56 Å². The lowest BCUT2D eigenvalue weighted by atomic mass is 10.0. The molecule has 7 heteroatoms. The number of rotatable bonds is 4. The zero-order chi connectivity index (χ0) is 14.7. The summed E-state index contributed by atoms with van der Waals surface area (Å²) in [5.74, 6) is 1.91. The van der Waals surface area contributed by atoms with Gasteiger partial charge < -0.3 is 9.84 Å². The largest absolute Gasteiger partial charge is 0.338 e. The summed E-state index contributed by atoms with van der Waals surface area (Å²) in [6.45, 7) is 9.22. The van der Waals surface area contributed by atoms with E-state index in [0.717, 1.165) is 38.3 Å². The van der Waals surface area contributed by atoms with Gasteiger partial charge in [-0.25, -0.2) is 0 Å². The molecule has 0 amide bonds. The third-order valence-electron chi connectivity index (χ3n) is 3.87. The van der Waals surface area contributed by atoms with Gasteiger partial charge in [-0.2, -0.15) is 4.98 Å². The Bertz CT molecular complexity index is 580. The van der Waals surface area contributed by atoms with Crippen LogP contribution in [0.1, 0.15) is 31.2 Å². The molecule has 5 nitrogen and oxygen atoms in total. The maximum atomic E-state index is 5.38. The first-order valence-electron chi connectivity index (χ1n) is 7.58. The number of halogens is 2. The molecule has 0 spiro atoms. The van der Waals surface area contributed by atoms with Crippen LogP contribution in [0.25, 0.3) is 11.4 Å². The van der Waals surface area contributed by atoms with Gasteiger partial charge in [0.25, 0.3) is 0 Å². The minimum Gasteiger partial charge on any atom is -0.338 e.